The van der Waals surface area contributed by atoms with E-state index >= 15 is 0 Å². The van der Waals surface area contributed by atoms with Gasteiger partial charge in [-0.2, -0.15) is 5.10 Å². The van der Waals surface area contributed by atoms with Crippen LogP contribution >= 0.6 is 46.8 Å². The minimum Gasteiger partial charge on any atom is -0.504 e. The summed E-state index contributed by atoms with van der Waals surface area (Å²) in [6.07, 6.45) is 2.92. The summed E-state index contributed by atoms with van der Waals surface area (Å²) in [4.78, 5) is 13.8. The molecule has 2 heterocycles. The first-order valence-corrected chi connectivity index (χ1v) is 10.9. The predicted molar refractivity (Wildman–Crippen MR) is 123 cm³/mol. The van der Waals surface area contributed by atoms with Crippen molar-refractivity contribution in [1.29, 1.82) is 0 Å². The zero-order chi connectivity index (χ0) is 21.1. The van der Waals surface area contributed by atoms with E-state index in [2.05, 4.69) is 5.10 Å². The van der Waals surface area contributed by atoms with E-state index in [-0.39, 0.29) is 5.75 Å². The summed E-state index contributed by atoms with van der Waals surface area (Å²) >= 11 is 19.0. The van der Waals surface area contributed by atoms with Gasteiger partial charge >= 0.3 is 5.97 Å². The molecule has 1 saturated heterocycles. The molecule has 0 saturated carbocycles. The number of rotatable bonds is 4. The van der Waals surface area contributed by atoms with Crippen molar-refractivity contribution in [2.45, 2.75) is 19.8 Å². The van der Waals surface area contributed by atoms with Crippen LogP contribution in [0.2, 0.25) is 10.0 Å². The molecular weight excluding hydrogens is 453 g/mol. The molecule has 10 heteroatoms. The van der Waals surface area contributed by atoms with Crippen molar-refractivity contribution in [2.75, 3.05) is 18.1 Å². The molecule has 0 aliphatic carbocycles. The summed E-state index contributed by atoms with van der Waals surface area (Å²) in [6, 6.07) is 5.13. The average Bonchev–Trinajstić information content (AvgIpc) is 3.09. The minimum atomic E-state index is -0.830. The first-order valence-electron chi connectivity index (χ1n) is 8.89. The van der Waals surface area contributed by atoms with Crippen LogP contribution in [0.3, 0.4) is 0 Å². The number of thiophene rings is 1. The number of hydrogen-bond acceptors (Lipinski definition) is 5. The minimum absolute atomic E-state index is 0.0214. The topological polar surface area (TPSA) is 76.4 Å². The Bertz CT molecular complexity index is 964. The second kappa shape index (κ2) is 9.30. The lowest BCUT2D eigenvalue weighted by Crippen LogP contribution is -2.47. The van der Waals surface area contributed by atoms with Crippen LogP contribution in [-0.4, -0.2) is 45.5 Å². The van der Waals surface area contributed by atoms with Crippen molar-refractivity contribution in [3.05, 3.63) is 33.6 Å². The standard InChI is InChI=1S/C19H19Cl2N3O3S2/c1-2-22-24(19(28)23-7-3-4-12(9-23)18(26)27)15-10-29-17(16(15)25)11-5-6-13(20)14(21)8-11/h2,5-6,8,10,12,25H,3-4,7,9H2,1H3,(H,26,27). The van der Waals surface area contributed by atoms with Gasteiger partial charge in [0.05, 0.1) is 20.8 Å². The van der Waals surface area contributed by atoms with E-state index in [4.69, 9.17) is 35.4 Å². The lowest BCUT2D eigenvalue weighted by atomic mass is 9.99. The fourth-order valence-electron chi connectivity index (χ4n) is 3.15. The third-order valence-electron chi connectivity index (χ3n) is 4.61. The van der Waals surface area contributed by atoms with Gasteiger partial charge in [0.1, 0.15) is 5.69 Å². The fraction of sp³-hybridized carbons (Fsp3) is 0.316. The van der Waals surface area contributed by atoms with Crippen LogP contribution < -0.4 is 5.01 Å². The van der Waals surface area contributed by atoms with Gasteiger partial charge in [0, 0.05) is 24.7 Å². The molecule has 1 aromatic carbocycles. The SMILES string of the molecule is CC=NN(C(=S)N1CCCC(C(=O)O)C1)c1csc(-c2ccc(Cl)c(Cl)c2)c1O. The number of carbonyl (C=O) groups is 1. The predicted octanol–water partition coefficient (Wildman–Crippen LogP) is 5.32. The maximum Gasteiger partial charge on any atom is 0.308 e. The first-order chi connectivity index (χ1) is 13.8. The fourth-order valence-corrected chi connectivity index (χ4v) is 4.68. The molecule has 29 heavy (non-hydrogen) atoms. The van der Waals surface area contributed by atoms with Crippen LogP contribution in [0.4, 0.5) is 5.69 Å². The van der Waals surface area contributed by atoms with Crippen molar-refractivity contribution in [2.24, 2.45) is 11.0 Å². The number of halogens is 2. The van der Waals surface area contributed by atoms with Gasteiger partial charge in [0.2, 0.25) is 0 Å². The summed E-state index contributed by atoms with van der Waals surface area (Å²) in [5.74, 6) is -1.28. The maximum atomic E-state index is 11.4. The van der Waals surface area contributed by atoms with Crippen molar-refractivity contribution in [3.8, 4) is 16.2 Å². The van der Waals surface area contributed by atoms with Gasteiger partial charge < -0.3 is 15.1 Å². The summed E-state index contributed by atoms with van der Waals surface area (Å²) in [5.41, 5.74) is 1.15. The van der Waals surface area contributed by atoms with Gasteiger partial charge in [-0.15, -0.1) is 11.3 Å². The number of carboxylic acid groups (broad SMARTS) is 1. The molecule has 1 unspecified atom stereocenters. The summed E-state index contributed by atoms with van der Waals surface area (Å²) in [6.45, 7) is 2.70. The summed E-state index contributed by atoms with van der Waals surface area (Å²) in [5, 5.41) is 28.9. The Morgan fingerprint density at radius 2 is 2.17 bits per heavy atom. The molecule has 3 rings (SSSR count). The first kappa shape index (κ1) is 21.8. The molecule has 0 radical (unpaired) electrons. The zero-order valence-electron chi connectivity index (χ0n) is 15.5. The monoisotopic (exact) mass is 471 g/mol. The van der Waals surface area contributed by atoms with Gasteiger partial charge in [-0.25, -0.2) is 5.01 Å². The van der Waals surface area contributed by atoms with E-state index in [1.165, 1.54) is 16.3 Å². The maximum absolute atomic E-state index is 11.4. The number of aromatic hydroxyl groups is 1. The van der Waals surface area contributed by atoms with Crippen LogP contribution in [0, 0.1) is 5.92 Å². The number of anilines is 1. The normalized spacial score (nSPS) is 16.9. The van der Waals surface area contributed by atoms with Crippen LogP contribution in [0.15, 0.2) is 28.7 Å². The Labute approximate surface area is 188 Å². The van der Waals surface area contributed by atoms with E-state index in [1.54, 1.807) is 36.7 Å². The zero-order valence-corrected chi connectivity index (χ0v) is 18.7. The van der Waals surface area contributed by atoms with Crippen LogP contribution in [0.5, 0.6) is 5.75 Å². The van der Waals surface area contributed by atoms with E-state index in [0.29, 0.717) is 45.2 Å². The highest BCUT2D eigenvalue weighted by Crippen LogP contribution is 2.45. The molecule has 1 aliphatic rings. The second-order valence-corrected chi connectivity index (χ2v) is 8.58. The highest BCUT2D eigenvalue weighted by atomic mass is 35.5. The summed E-state index contributed by atoms with van der Waals surface area (Å²) in [7, 11) is 0. The van der Waals surface area contributed by atoms with Crippen molar-refractivity contribution >= 4 is 69.7 Å². The van der Waals surface area contributed by atoms with Crippen LogP contribution in [0.1, 0.15) is 19.8 Å². The number of likely N-dealkylation sites (tertiary alicyclic amines) is 1. The Morgan fingerprint density at radius 1 is 1.41 bits per heavy atom. The molecule has 0 spiro atoms. The molecule has 2 N–H and O–H groups in total. The molecule has 1 fully saturated rings. The van der Waals surface area contributed by atoms with E-state index in [0.717, 1.165) is 12.0 Å². The van der Waals surface area contributed by atoms with Gasteiger partial charge in [-0.3, -0.25) is 4.79 Å². The number of thiocarbonyl (C=S) groups is 1. The molecular formula is C19H19Cl2N3O3S2. The number of nitrogens with zero attached hydrogens (tertiary/aromatic N) is 3. The van der Waals surface area contributed by atoms with Crippen molar-refractivity contribution in [1.82, 2.24) is 4.90 Å². The Hall–Kier alpha value is -1.87. The van der Waals surface area contributed by atoms with Crippen LogP contribution in [-0.2, 0) is 4.79 Å². The number of hydrazone groups is 1. The molecule has 1 aromatic heterocycles. The number of hydrogen-bond donors (Lipinski definition) is 2. The number of piperidine rings is 1. The average molecular weight is 472 g/mol. The highest BCUT2D eigenvalue weighted by Gasteiger charge is 2.30. The smallest absolute Gasteiger partial charge is 0.308 e. The van der Waals surface area contributed by atoms with Crippen molar-refractivity contribution in [3.63, 3.8) is 0 Å². The molecule has 154 valence electrons. The number of benzene rings is 1. The Morgan fingerprint density at radius 3 is 2.83 bits per heavy atom. The lowest BCUT2D eigenvalue weighted by molar-refractivity contribution is -0.143. The van der Waals surface area contributed by atoms with E-state index in [9.17, 15) is 15.0 Å². The molecule has 1 atom stereocenters. The third kappa shape index (κ3) is 4.66. The second-order valence-electron chi connectivity index (χ2n) is 6.52. The van der Waals surface area contributed by atoms with Gasteiger partial charge in [0.25, 0.3) is 0 Å². The van der Waals surface area contributed by atoms with Crippen molar-refractivity contribution < 1.29 is 15.0 Å². The summed E-state index contributed by atoms with van der Waals surface area (Å²) < 4.78 is 0. The highest BCUT2D eigenvalue weighted by molar-refractivity contribution is 7.80. The van der Waals surface area contributed by atoms with E-state index in [1.807, 2.05) is 4.90 Å². The quantitative estimate of drug-likeness (QED) is 0.356. The largest absolute Gasteiger partial charge is 0.504 e. The van der Waals surface area contributed by atoms with E-state index < -0.39 is 11.9 Å². The molecule has 6 nitrogen and oxygen atoms in total. The molecule has 2 aromatic rings. The van der Waals surface area contributed by atoms with Crippen LogP contribution in [0.25, 0.3) is 10.4 Å². The lowest BCUT2D eigenvalue weighted by Gasteiger charge is -2.35. The number of carboxylic acids is 1. The van der Waals surface area contributed by atoms with Gasteiger partial charge in [0.15, 0.2) is 10.9 Å². The molecule has 0 amide bonds. The van der Waals surface area contributed by atoms with Gasteiger partial charge in [-0.05, 0) is 49.7 Å². The van der Waals surface area contributed by atoms with Gasteiger partial charge in [-0.1, -0.05) is 29.3 Å². The Balaban J connectivity index is 1.91. The molecule has 1 aliphatic heterocycles. The third-order valence-corrected chi connectivity index (χ3v) is 6.79. The molecule has 0 bridgehead atoms. The number of aliphatic carboxylic acids is 1. The Kier molecular flexibility index (Phi) is 7.00.